The van der Waals surface area contributed by atoms with E-state index in [1.165, 1.54) is 50.5 Å². The zero-order chi connectivity index (χ0) is 14.3. The van der Waals surface area contributed by atoms with Gasteiger partial charge in [-0.25, -0.2) is 4.98 Å². The molecule has 112 valence electrons. The molecule has 21 heavy (non-hydrogen) atoms. The molecule has 1 fully saturated rings. The highest BCUT2D eigenvalue weighted by molar-refractivity contribution is 5.24. The lowest BCUT2D eigenvalue weighted by Gasteiger charge is -2.26. The first-order valence-electron chi connectivity index (χ1n) is 8.10. The molecule has 3 rings (SSSR count). The minimum atomic E-state index is 0.109. The molecule has 1 atom stereocenters. The van der Waals surface area contributed by atoms with Crippen LogP contribution in [0.25, 0.3) is 0 Å². The van der Waals surface area contributed by atoms with Crippen LogP contribution in [-0.4, -0.2) is 21.2 Å². The summed E-state index contributed by atoms with van der Waals surface area (Å²) in [5.74, 6) is 0.906. The SMILES string of the molecule is c1ccc([C@H](NC2CCCCCCC2)c2ncn[nH]2)cc1. The molecule has 0 spiro atoms. The Morgan fingerprint density at radius 2 is 1.71 bits per heavy atom. The molecule has 2 N–H and O–H groups in total. The quantitative estimate of drug-likeness (QED) is 0.902. The Kier molecular flexibility index (Phi) is 5.00. The van der Waals surface area contributed by atoms with E-state index in [-0.39, 0.29) is 6.04 Å². The number of hydrogen-bond donors (Lipinski definition) is 2. The summed E-state index contributed by atoms with van der Waals surface area (Å²) in [5.41, 5.74) is 1.25. The number of H-pyrrole nitrogens is 1. The van der Waals surface area contributed by atoms with E-state index in [2.05, 4.69) is 50.8 Å². The zero-order valence-corrected chi connectivity index (χ0v) is 12.5. The molecule has 0 saturated heterocycles. The second kappa shape index (κ2) is 7.36. The molecule has 2 aromatic rings. The van der Waals surface area contributed by atoms with E-state index in [0.717, 1.165) is 5.82 Å². The molecule has 1 aliphatic carbocycles. The van der Waals surface area contributed by atoms with Gasteiger partial charge in [0.25, 0.3) is 0 Å². The van der Waals surface area contributed by atoms with E-state index in [1.807, 2.05) is 0 Å². The van der Waals surface area contributed by atoms with Gasteiger partial charge in [-0.2, -0.15) is 5.10 Å². The monoisotopic (exact) mass is 284 g/mol. The van der Waals surface area contributed by atoms with Gasteiger partial charge in [0.1, 0.15) is 12.2 Å². The third-order valence-corrected chi connectivity index (χ3v) is 4.35. The Bertz CT molecular complexity index is 501. The van der Waals surface area contributed by atoms with Gasteiger partial charge in [-0.1, -0.05) is 62.4 Å². The number of aromatic nitrogens is 3. The molecule has 1 heterocycles. The standard InChI is InChI=1S/C17H24N4/c1-2-7-11-15(12-8-3-1)20-16(17-18-13-19-21-17)14-9-5-4-6-10-14/h4-6,9-10,13,15-16,20H,1-3,7-8,11-12H2,(H,18,19,21)/t16-/m0/s1. The summed E-state index contributed by atoms with van der Waals surface area (Å²) in [6, 6.07) is 11.2. The predicted molar refractivity (Wildman–Crippen MR) is 83.9 cm³/mol. The van der Waals surface area contributed by atoms with Gasteiger partial charge < -0.3 is 5.32 Å². The third kappa shape index (κ3) is 3.91. The Balaban J connectivity index is 1.76. The molecule has 0 amide bonds. The lowest BCUT2D eigenvalue weighted by atomic mass is 9.95. The van der Waals surface area contributed by atoms with Crippen LogP contribution in [0.15, 0.2) is 36.7 Å². The van der Waals surface area contributed by atoms with Gasteiger partial charge in [-0.3, -0.25) is 5.10 Å². The maximum atomic E-state index is 4.37. The summed E-state index contributed by atoms with van der Waals surface area (Å²) < 4.78 is 0. The van der Waals surface area contributed by atoms with Gasteiger partial charge in [0.2, 0.25) is 0 Å². The van der Waals surface area contributed by atoms with Gasteiger partial charge in [-0.15, -0.1) is 0 Å². The summed E-state index contributed by atoms with van der Waals surface area (Å²) in [6.07, 6.45) is 10.9. The van der Waals surface area contributed by atoms with Crippen molar-refractivity contribution in [1.82, 2.24) is 20.5 Å². The fourth-order valence-corrected chi connectivity index (χ4v) is 3.19. The van der Waals surface area contributed by atoms with Crippen molar-refractivity contribution in [3.05, 3.63) is 48.0 Å². The third-order valence-electron chi connectivity index (χ3n) is 4.35. The van der Waals surface area contributed by atoms with E-state index in [4.69, 9.17) is 0 Å². The van der Waals surface area contributed by atoms with Crippen molar-refractivity contribution in [3.8, 4) is 0 Å². The van der Waals surface area contributed by atoms with Crippen LogP contribution < -0.4 is 5.32 Å². The van der Waals surface area contributed by atoms with Crippen LogP contribution in [-0.2, 0) is 0 Å². The number of nitrogens with one attached hydrogen (secondary N) is 2. The normalized spacial score (nSPS) is 18.9. The number of nitrogens with zero attached hydrogens (tertiary/aromatic N) is 2. The molecular weight excluding hydrogens is 260 g/mol. The Morgan fingerprint density at radius 1 is 1.00 bits per heavy atom. The first-order chi connectivity index (χ1) is 10.4. The number of benzene rings is 1. The van der Waals surface area contributed by atoms with Crippen LogP contribution in [0.2, 0.25) is 0 Å². The fraction of sp³-hybridized carbons (Fsp3) is 0.529. The second-order valence-electron chi connectivity index (χ2n) is 5.92. The fourth-order valence-electron chi connectivity index (χ4n) is 3.19. The summed E-state index contributed by atoms with van der Waals surface area (Å²) in [5, 5.41) is 10.9. The largest absolute Gasteiger partial charge is 0.301 e. The van der Waals surface area contributed by atoms with Crippen LogP contribution in [0.1, 0.15) is 62.4 Å². The van der Waals surface area contributed by atoms with Crippen molar-refractivity contribution >= 4 is 0 Å². The lowest BCUT2D eigenvalue weighted by Crippen LogP contribution is -2.34. The molecule has 4 heteroatoms. The van der Waals surface area contributed by atoms with Crippen molar-refractivity contribution in [3.63, 3.8) is 0 Å². The predicted octanol–water partition coefficient (Wildman–Crippen LogP) is 3.60. The highest BCUT2D eigenvalue weighted by Gasteiger charge is 2.21. The van der Waals surface area contributed by atoms with E-state index in [1.54, 1.807) is 6.33 Å². The Labute approximate surface area is 126 Å². The summed E-state index contributed by atoms with van der Waals surface area (Å²) in [6.45, 7) is 0. The van der Waals surface area contributed by atoms with Gasteiger partial charge in [0.15, 0.2) is 0 Å². The van der Waals surface area contributed by atoms with Crippen LogP contribution in [0.4, 0.5) is 0 Å². The minimum Gasteiger partial charge on any atom is -0.301 e. The van der Waals surface area contributed by atoms with Crippen LogP contribution >= 0.6 is 0 Å². The summed E-state index contributed by atoms with van der Waals surface area (Å²) in [7, 11) is 0. The van der Waals surface area contributed by atoms with E-state index in [9.17, 15) is 0 Å². The van der Waals surface area contributed by atoms with Gasteiger partial charge >= 0.3 is 0 Å². The Morgan fingerprint density at radius 3 is 2.38 bits per heavy atom. The lowest BCUT2D eigenvalue weighted by molar-refractivity contribution is 0.366. The van der Waals surface area contributed by atoms with Crippen LogP contribution in [0.5, 0.6) is 0 Å². The average Bonchev–Trinajstić information content (AvgIpc) is 3.01. The molecule has 4 nitrogen and oxygen atoms in total. The van der Waals surface area contributed by atoms with Crippen molar-refractivity contribution in [2.45, 2.75) is 57.0 Å². The topological polar surface area (TPSA) is 53.6 Å². The van der Waals surface area contributed by atoms with E-state index < -0.39 is 0 Å². The number of hydrogen-bond acceptors (Lipinski definition) is 3. The Hall–Kier alpha value is -1.68. The van der Waals surface area contributed by atoms with E-state index >= 15 is 0 Å². The molecule has 1 saturated carbocycles. The summed E-state index contributed by atoms with van der Waals surface area (Å²) >= 11 is 0. The zero-order valence-electron chi connectivity index (χ0n) is 12.5. The minimum absolute atomic E-state index is 0.109. The summed E-state index contributed by atoms with van der Waals surface area (Å²) in [4.78, 5) is 4.37. The van der Waals surface area contributed by atoms with Gasteiger partial charge in [0, 0.05) is 6.04 Å². The second-order valence-corrected chi connectivity index (χ2v) is 5.92. The molecule has 1 aromatic heterocycles. The molecule has 0 aliphatic heterocycles. The van der Waals surface area contributed by atoms with E-state index in [0.29, 0.717) is 6.04 Å². The van der Waals surface area contributed by atoms with Crippen LogP contribution in [0.3, 0.4) is 0 Å². The first kappa shape index (κ1) is 14.3. The first-order valence-corrected chi connectivity index (χ1v) is 8.10. The molecular formula is C17H24N4. The highest BCUT2D eigenvalue weighted by Crippen LogP contribution is 2.23. The molecule has 0 radical (unpaired) electrons. The van der Waals surface area contributed by atoms with Crippen LogP contribution in [0, 0.1) is 0 Å². The van der Waals surface area contributed by atoms with Gasteiger partial charge in [0.05, 0.1) is 6.04 Å². The van der Waals surface area contributed by atoms with Gasteiger partial charge in [-0.05, 0) is 18.4 Å². The molecule has 0 bridgehead atoms. The highest BCUT2D eigenvalue weighted by atomic mass is 15.2. The number of rotatable bonds is 4. The van der Waals surface area contributed by atoms with Crippen molar-refractivity contribution in [1.29, 1.82) is 0 Å². The van der Waals surface area contributed by atoms with Crippen molar-refractivity contribution in [2.75, 3.05) is 0 Å². The molecule has 1 aromatic carbocycles. The number of aromatic amines is 1. The maximum absolute atomic E-state index is 4.37. The molecule has 1 aliphatic rings. The molecule has 0 unspecified atom stereocenters. The maximum Gasteiger partial charge on any atom is 0.145 e. The smallest absolute Gasteiger partial charge is 0.145 e. The van der Waals surface area contributed by atoms with Crippen molar-refractivity contribution < 1.29 is 0 Å². The average molecular weight is 284 g/mol. The van der Waals surface area contributed by atoms with Crippen molar-refractivity contribution in [2.24, 2.45) is 0 Å².